The number of nitrogens with zero attached hydrogens (tertiary/aromatic N) is 3. The van der Waals surface area contributed by atoms with Crippen molar-refractivity contribution in [3.05, 3.63) is 24.2 Å². The third-order valence-corrected chi connectivity index (χ3v) is 3.42. The minimum absolute atomic E-state index is 0.101. The zero-order valence-electron chi connectivity index (χ0n) is 12.0. The van der Waals surface area contributed by atoms with Gasteiger partial charge in [0.15, 0.2) is 5.76 Å². The maximum absolute atomic E-state index is 12.1. The van der Waals surface area contributed by atoms with E-state index < -0.39 is 0 Å². The van der Waals surface area contributed by atoms with Crippen molar-refractivity contribution in [1.29, 1.82) is 0 Å². The van der Waals surface area contributed by atoms with Gasteiger partial charge in [-0.05, 0) is 26.2 Å². The van der Waals surface area contributed by atoms with E-state index in [4.69, 9.17) is 4.42 Å². The van der Waals surface area contributed by atoms with Crippen LogP contribution in [0.5, 0.6) is 0 Å². The Balaban J connectivity index is 1.80. The van der Waals surface area contributed by atoms with Crippen molar-refractivity contribution in [3.8, 4) is 0 Å². The van der Waals surface area contributed by atoms with Crippen LogP contribution in [0.1, 0.15) is 17.0 Å². The van der Waals surface area contributed by atoms with Gasteiger partial charge in [0.2, 0.25) is 5.91 Å². The van der Waals surface area contributed by atoms with Crippen molar-refractivity contribution in [2.24, 2.45) is 0 Å². The molecule has 110 valence electrons. The number of hydrogen-bond acceptors (Lipinski definition) is 4. The van der Waals surface area contributed by atoms with Gasteiger partial charge in [0.05, 0.1) is 6.26 Å². The van der Waals surface area contributed by atoms with E-state index in [2.05, 4.69) is 0 Å². The summed E-state index contributed by atoms with van der Waals surface area (Å²) in [4.78, 5) is 29.6. The number of carbonyl (C=O) groups is 2. The molecule has 0 spiro atoms. The lowest BCUT2D eigenvalue weighted by molar-refractivity contribution is -0.132. The smallest absolute Gasteiger partial charge is 0.289 e. The van der Waals surface area contributed by atoms with Crippen LogP contribution in [-0.2, 0) is 4.79 Å². The lowest BCUT2D eigenvalue weighted by Crippen LogP contribution is -2.50. The van der Waals surface area contributed by atoms with Gasteiger partial charge < -0.3 is 19.1 Å². The molecule has 2 rings (SSSR count). The highest BCUT2D eigenvalue weighted by Crippen LogP contribution is 2.10. The van der Waals surface area contributed by atoms with Crippen molar-refractivity contribution in [1.82, 2.24) is 14.7 Å². The van der Waals surface area contributed by atoms with E-state index in [-0.39, 0.29) is 11.8 Å². The molecule has 0 aromatic carbocycles. The first-order chi connectivity index (χ1) is 9.58. The van der Waals surface area contributed by atoms with Crippen LogP contribution in [0.15, 0.2) is 22.8 Å². The highest BCUT2D eigenvalue weighted by Gasteiger charge is 2.25. The Hall–Kier alpha value is -1.82. The average Bonchev–Trinajstić information content (AvgIpc) is 2.98. The lowest BCUT2D eigenvalue weighted by atomic mass is 10.2. The van der Waals surface area contributed by atoms with Crippen LogP contribution in [0.3, 0.4) is 0 Å². The predicted octanol–water partition coefficient (Wildman–Crippen LogP) is 0.516. The van der Waals surface area contributed by atoms with Crippen LogP contribution >= 0.6 is 0 Å². The van der Waals surface area contributed by atoms with E-state index in [9.17, 15) is 9.59 Å². The first kappa shape index (κ1) is 14.6. The van der Waals surface area contributed by atoms with E-state index in [1.807, 2.05) is 23.9 Å². The second-order valence-corrected chi connectivity index (χ2v) is 5.20. The van der Waals surface area contributed by atoms with Crippen LogP contribution in [0.4, 0.5) is 0 Å². The zero-order chi connectivity index (χ0) is 14.5. The fourth-order valence-corrected chi connectivity index (χ4v) is 2.19. The second kappa shape index (κ2) is 6.56. The maximum Gasteiger partial charge on any atom is 0.289 e. The summed E-state index contributed by atoms with van der Waals surface area (Å²) >= 11 is 0. The van der Waals surface area contributed by atoms with Crippen LogP contribution in [-0.4, -0.2) is 73.3 Å². The second-order valence-electron chi connectivity index (χ2n) is 5.20. The van der Waals surface area contributed by atoms with Crippen LogP contribution < -0.4 is 0 Å². The SMILES string of the molecule is CN(C)CCC(=O)N1CCN(C(=O)c2ccco2)CC1. The molecule has 6 heteroatoms. The largest absolute Gasteiger partial charge is 0.459 e. The molecule has 0 aliphatic carbocycles. The molecule has 1 aromatic heterocycles. The Morgan fingerprint density at radius 2 is 1.85 bits per heavy atom. The quantitative estimate of drug-likeness (QED) is 0.806. The minimum atomic E-state index is -0.101. The molecular formula is C14H21N3O3. The molecule has 0 N–H and O–H groups in total. The van der Waals surface area contributed by atoms with Gasteiger partial charge in [0.1, 0.15) is 0 Å². The van der Waals surface area contributed by atoms with Crippen molar-refractivity contribution in [2.45, 2.75) is 6.42 Å². The summed E-state index contributed by atoms with van der Waals surface area (Å²) in [6.07, 6.45) is 2.02. The number of hydrogen-bond donors (Lipinski definition) is 0. The molecule has 0 radical (unpaired) electrons. The number of carbonyl (C=O) groups excluding carboxylic acids is 2. The van der Waals surface area contributed by atoms with E-state index in [1.54, 1.807) is 17.0 Å². The number of furan rings is 1. The molecule has 2 amide bonds. The third-order valence-electron chi connectivity index (χ3n) is 3.42. The maximum atomic E-state index is 12.1. The summed E-state index contributed by atoms with van der Waals surface area (Å²) in [5, 5.41) is 0. The molecule has 0 saturated carbocycles. The van der Waals surface area contributed by atoms with E-state index >= 15 is 0 Å². The van der Waals surface area contributed by atoms with E-state index in [1.165, 1.54) is 6.26 Å². The fraction of sp³-hybridized carbons (Fsp3) is 0.571. The van der Waals surface area contributed by atoms with Gasteiger partial charge in [-0.3, -0.25) is 9.59 Å². The highest BCUT2D eigenvalue weighted by molar-refractivity contribution is 5.91. The standard InChI is InChI=1S/C14H21N3O3/c1-15(2)6-5-13(18)16-7-9-17(10-8-16)14(19)12-4-3-11-20-12/h3-4,11H,5-10H2,1-2H3. The summed E-state index contributed by atoms with van der Waals surface area (Å²) < 4.78 is 5.11. The fourth-order valence-electron chi connectivity index (χ4n) is 2.19. The van der Waals surface area contributed by atoms with Crippen LogP contribution in [0, 0.1) is 0 Å². The van der Waals surface area contributed by atoms with Gasteiger partial charge in [0, 0.05) is 39.1 Å². The summed E-state index contributed by atoms with van der Waals surface area (Å²) in [6.45, 7) is 3.07. The molecule has 1 fully saturated rings. The Morgan fingerprint density at radius 1 is 1.20 bits per heavy atom. The molecule has 0 bridgehead atoms. The molecule has 0 unspecified atom stereocenters. The molecule has 20 heavy (non-hydrogen) atoms. The molecule has 0 atom stereocenters. The Bertz CT molecular complexity index is 448. The molecule has 1 saturated heterocycles. The first-order valence-electron chi connectivity index (χ1n) is 6.83. The summed E-state index contributed by atoms with van der Waals surface area (Å²) in [7, 11) is 3.90. The van der Waals surface area contributed by atoms with Crippen molar-refractivity contribution < 1.29 is 14.0 Å². The Labute approximate surface area is 118 Å². The monoisotopic (exact) mass is 279 g/mol. The molecule has 6 nitrogen and oxygen atoms in total. The van der Waals surface area contributed by atoms with Crippen molar-refractivity contribution in [3.63, 3.8) is 0 Å². The summed E-state index contributed by atoms with van der Waals surface area (Å²) in [5.74, 6) is 0.413. The summed E-state index contributed by atoms with van der Waals surface area (Å²) in [5.41, 5.74) is 0. The third kappa shape index (κ3) is 3.60. The zero-order valence-corrected chi connectivity index (χ0v) is 12.0. The molecule has 1 aliphatic rings. The first-order valence-corrected chi connectivity index (χ1v) is 6.83. The Kier molecular flexibility index (Phi) is 4.79. The minimum Gasteiger partial charge on any atom is -0.459 e. The van der Waals surface area contributed by atoms with Crippen molar-refractivity contribution >= 4 is 11.8 Å². The van der Waals surface area contributed by atoms with Gasteiger partial charge in [-0.25, -0.2) is 0 Å². The van der Waals surface area contributed by atoms with Gasteiger partial charge in [0.25, 0.3) is 5.91 Å². The molecule has 1 aliphatic heterocycles. The van der Waals surface area contributed by atoms with Gasteiger partial charge >= 0.3 is 0 Å². The van der Waals surface area contributed by atoms with Crippen LogP contribution in [0.2, 0.25) is 0 Å². The van der Waals surface area contributed by atoms with Gasteiger partial charge in [-0.15, -0.1) is 0 Å². The number of amides is 2. The van der Waals surface area contributed by atoms with Crippen LogP contribution in [0.25, 0.3) is 0 Å². The average molecular weight is 279 g/mol. The Morgan fingerprint density at radius 3 is 2.40 bits per heavy atom. The lowest BCUT2D eigenvalue weighted by Gasteiger charge is -2.34. The topological polar surface area (TPSA) is 57.0 Å². The molecular weight excluding hydrogens is 258 g/mol. The van der Waals surface area contributed by atoms with Crippen molar-refractivity contribution in [2.75, 3.05) is 46.8 Å². The van der Waals surface area contributed by atoms with E-state index in [0.29, 0.717) is 38.4 Å². The number of rotatable bonds is 4. The molecule has 2 heterocycles. The predicted molar refractivity (Wildman–Crippen MR) is 74.4 cm³/mol. The van der Waals surface area contributed by atoms with Gasteiger partial charge in [-0.1, -0.05) is 0 Å². The normalized spacial score (nSPS) is 15.8. The van der Waals surface area contributed by atoms with Gasteiger partial charge in [-0.2, -0.15) is 0 Å². The molecule has 1 aromatic rings. The van der Waals surface area contributed by atoms with E-state index in [0.717, 1.165) is 6.54 Å². The highest BCUT2D eigenvalue weighted by atomic mass is 16.3. The summed E-state index contributed by atoms with van der Waals surface area (Å²) in [6, 6.07) is 3.37. The number of piperazine rings is 1.